The molecule has 130 valence electrons. The lowest BCUT2D eigenvalue weighted by Gasteiger charge is -2.06. The molecular weight excluding hydrogens is 318 g/mol. The van der Waals surface area contributed by atoms with E-state index in [-0.39, 0.29) is 41.5 Å². The van der Waals surface area contributed by atoms with E-state index in [0.29, 0.717) is 13.2 Å². The summed E-state index contributed by atoms with van der Waals surface area (Å²) in [7, 11) is 1.52. The Kier molecular flexibility index (Phi) is 5.69. The molecule has 0 unspecified atom stereocenters. The third kappa shape index (κ3) is 3.62. The van der Waals surface area contributed by atoms with Crippen LogP contribution >= 0.6 is 0 Å². The van der Waals surface area contributed by atoms with Gasteiger partial charge in [0.2, 0.25) is 11.6 Å². The maximum atomic E-state index is 12.6. The molecule has 1 N–H and O–H groups in total. The van der Waals surface area contributed by atoms with Gasteiger partial charge in [0.25, 0.3) is 5.56 Å². The number of nitrogens with one attached hydrogen (secondary N) is 1. The van der Waals surface area contributed by atoms with E-state index >= 15 is 0 Å². The minimum Gasteiger partial charge on any atom is -0.462 e. The van der Waals surface area contributed by atoms with Gasteiger partial charge in [0.15, 0.2) is 0 Å². The van der Waals surface area contributed by atoms with Gasteiger partial charge in [0.05, 0.1) is 13.2 Å². The first-order valence-corrected chi connectivity index (χ1v) is 7.40. The van der Waals surface area contributed by atoms with Crippen molar-refractivity contribution in [1.29, 1.82) is 0 Å². The van der Waals surface area contributed by atoms with E-state index in [1.54, 1.807) is 13.8 Å². The maximum absolute atomic E-state index is 12.6. The van der Waals surface area contributed by atoms with Crippen molar-refractivity contribution in [3.8, 4) is 0 Å². The van der Waals surface area contributed by atoms with Crippen LogP contribution in [-0.2, 0) is 20.8 Å². The van der Waals surface area contributed by atoms with Gasteiger partial charge in [-0.15, -0.1) is 0 Å². The third-order valence-electron chi connectivity index (χ3n) is 3.28. The Morgan fingerprint density at radius 2 is 2.17 bits per heavy atom. The molecule has 0 radical (unpaired) electrons. The minimum absolute atomic E-state index is 0.0122. The van der Waals surface area contributed by atoms with Crippen LogP contribution in [-0.4, -0.2) is 48.3 Å². The summed E-state index contributed by atoms with van der Waals surface area (Å²) in [6, 6.07) is 0. The Bertz CT molecular complexity index is 807. The van der Waals surface area contributed by atoms with E-state index in [1.807, 2.05) is 0 Å². The molecule has 0 aliphatic heterocycles. The summed E-state index contributed by atoms with van der Waals surface area (Å²) in [6.07, 6.45) is 1.21. The second kappa shape index (κ2) is 7.73. The average Bonchev–Trinajstić information content (AvgIpc) is 2.87. The highest BCUT2D eigenvalue weighted by Crippen LogP contribution is 2.21. The molecule has 2 heterocycles. The van der Waals surface area contributed by atoms with Crippen LogP contribution in [0.2, 0.25) is 0 Å². The number of hydrogen-bond acceptors (Lipinski definition) is 7. The van der Waals surface area contributed by atoms with Crippen LogP contribution in [0.3, 0.4) is 0 Å². The van der Waals surface area contributed by atoms with E-state index in [4.69, 9.17) is 13.9 Å². The van der Waals surface area contributed by atoms with Gasteiger partial charge in [-0.25, -0.2) is 9.78 Å². The summed E-state index contributed by atoms with van der Waals surface area (Å²) >= 11 is 0. The van der Waals surface area contributed by atoms with Crippen molar-refractivity contribution >= 4 is 23.0 Å². The molecule has 0 aliphatic rings. The van der Waals surface area contributed by atoms with E-state index in [2.05, 4.69) is 10.3 Å². The van der Waals surface area contributed by atoms with Gasteiger partial charge in [-0.05, 0) is 13.8 Å². The van der Waals surface area contributed by atoms with Gasteiger partial charge in [-0.1, -0.05) is 0 Å². The van der Waals surface area contributed by atoms with Gasteiger partial charge in [0.1, 0.15) is 29.6 Å². The minimum atomic E-state index is -0.657. The van der Waals surface area contributed by atoms with Crippen LogP contribution in [0.4, 0.5) is 0 Å². The van der Waals surface area contributed by atoms with Gasteiger partial charge in [-0.2, -0.15) is 0 Å². The van der Waals surface area contributed by atoms with E-state index in [0.717, 1.165) is 4.57 Å². The summed E-state index contributed by atoms with van der Waals surface area (Å²) < 4.78 is 16.2. The van der Waals surface area contributed by atoms with Crippen molar-refractivity contribution in [1.82, 2.24) is 14.9 Å². The van der Waals surface area contributed by atoms with Crippen LogP contribution in [0.1, 0.15) is 23.0 Å². The lowest BCUT2D eigenvalue weighted by atomic mass is 10.2. The standard InChI is InChI=1S/C15H19N3O6/c1-4-23-15(21)11-9(2)24-13-12(11)14(20)18(8-17-13)7-10(19)16-5-6-22-3/h8H,4-7H2,1-3H3,(H,16,19). The van der Waals surface area contributed by atoms with Crippen molar-refractivity contribution in [3.63, 3.8) is 0 Å². The summed E-state index contributed by atoms with van der Waals surface area (Å²) in [5, 5.41) is 2.62. The zero-order valence-electron chi connectivity index (χ0n) is 13.7. The van der Waals surface area contributed by atoms with Crippen LogP contribution in [0.5, 0.6) is 0 Å². The van der Waals surface area contributed by atoms with Crippen molar-refractivity contribution in [2.45, 2.75) is 20.4 Å². The van der Waals surface area contributed by atoms with Gasteiger partial charge in [-0.3, -0.25) is 14.2 Å². The first kappa shape index (κ1) is 17.7. The topological polar surface area (TPSA) is 113 Å². The number of nitrogens with zero attached hydrogens (tertiary/aromatic N) is 2. The number of fused-ring (bicyclic) bond motifs is 1. The molecule has 0 aromatic carbocycles. The van der Waals surface area contributed by atoms with Crippen LogP contribution < -0.4 is 10.9 Å². The molecule has 24 heavy (non-hydrogen) atoms. The molecule has 9 heteroatoms. The second-order valence-corrected chi connectivity index (χ2v) is 4.95. The number of aromatic nitrogens is 2. The Balaban J connectivity index is 2.35. The highest BCUT2D eigenvalue weighted by molar-refractivity contribution is 6.03. The number of hydrogen-bond donors (Lipinski definition) is 1. The number of aryl methyl sites for hydroxylation is 1. The quantitative estimate of drug-likeness (QED) is 0.568. The summed E-state index contributed by atoms with van der Waals surface area (Å²) in [6.45, 7) is 3.86. The highest BCUT2D eigenvalue weighted by Gasteiger charge is 2.24. The number of amides is 1. The third-order valence-corrected chi connectivity index (χ3v) is 3.28. The van der Waals surface area contributed by atoms with Crippen molar-refractivity contribution < 1.29 is 23.5 Å². The molecular formula is C15H19N3O6. The lowest BCUT2D eigenvalue weighted by Crippen LogP contribution is -2.34. The van der Waals surface area contributed by atoms with Crippen molar-refractivity contribution in [2.24, 2.45) is 0 Å². The Morgan fingerprint density at radius 1 is 1.42 bits per heavy atom. The molecule has 2 aromatic heterocycles. The second-order valence-electron chi connectivity index (χ2n) is 4.95. The normalized spacial score (nSPS) is 10.8. The highest BCUT2D eigenvalue weighted by atomic mass is 16.5. The van der Waals surface area contributed by atoms with Gasteiger partial charge >= 0.3 is 5.97 Å². The van der Waals surface area contributed by atoms with Gasteiger partial charge in [0, 0.05) is 13.7 Å². The number of rotatable bonds is 7. The molecule has 0 atom stereocenters. The fourth-order valence-electron chi connectivity index (χ4n) is 2.20. The zero-order valence-corrected chi connectivity index (χ0v) is 13.7. The predicted octanol–water partition coefficient (Wildman–Crippen LogP) is 0.237. The summed E-state index contributed by atoms with van der Waals surface area (Å²) in [4.78, 5) is 40.5. The van der Waals surface area contributed by atoms with E-state index < -0.39 is 11.5 Å². The summed E-state index contributed by atoms with van der Waals surface area (Å²) in [5.74, 6) is -0.779. The van der Waals surface area contributed by atoms with Gasteiger partial charge < -0.3 is 19.2 Å². The van der Waals surface area contributed by atoms with Crippen LogP contribution in [0.25, 0.3) is 11.1 Å². The number of methoxy groups -OCH3 is 1. The predicted molar refractivity (Wildman–Crippen MR) is 83.8 cm³/mol. The monoisotopic (exact) mass is 337 g/mol. The van der Waals surface area contributed by atoms with E-state index in [9.17, 15) is 14.4 Å². The van der Waals surface area contributed by atoms with E-state index in [1.165, 1.54) is 13.4 Å². The molecule has 0 fully saturated rings. The average molecular weight is 337 g/mol. The number of carbonyl (C=O) groups excluding carboxylic acids is 2. The number of ether oxygens (including phenoxy) is 2. The first-order chi connectivity index (χ1) is 11.5. The molecule has 2 aromatic rings. The molecule has 0 bridgehead atoms. The zero-order chi connectivity index (χ0) is 17.7. The largest absolute Gasteiger partial charge is 0.462 e. The number of carbonyl (C=O) groups is 2. The number of furan rings is 1. The molecule has 1 amide bonds. The fraction of sp³-hybridized carbons (Fsp3) is 0.467. The Hall–Kier alpha value is -2.68. The molecule has 9 nitrogen and oxygen atoms in total. The van der Waals surface area contributed by atoms with Crippen LogP contribution in [0, 0.1) is 6.92 Å². The SMILES string of the molecule is CCOC(=O)c1c(C)oc2ncn(CC(=O)NCCOC)c(=O)c12. The van der Waals surface area contributed by atoms with Crippen LogP contribution in [0.15, 0.2) is 15.5 Å². The Morgan fingerprint density at radius 3 is 2.83 bits per heavy atom. The molecule has 0 saturated carbocycles. The smallest absolute Gasteiger partial charge is 0.342 e. The lowest BCUT2D eigenvalue weighted by molar-refractivity contribution is -0.121. The molecule has 0 saturated heterocycles. The number of esters is 1. The van der Waals surface area contributed by atoms with Crippen molar-refractivity contribution in [3.05, 3.63) is 28.0 Å². The summed E-state index contributed by atoms with van der Waals surface area (Å²) in [5.41, 5.74) is -0.461. The molecule has 0 aliphatic carbocycles. The molecule has 2 rings (SSSR count). The maximum Gasteiger partial charge on any atom is 0.342 e. The first-order valence-electron chi connectivity index (χ1n) is 7.40. The molecule has 0 spiro atoms. The van der Waals surface area contributed by atoms with Crippen molar-refractivity contribution in [2.75, 3.05) is 26.9 Å². The fourth-order valence-corrected chi connectivity index (χ4v) is 2.20. The Labute approximate surface area is 137 Å².